The summed E-state index contributed by atoms with van der Waals surface area (Å²) in [5.41, 5.74) is 15.0. The van der Waals surface area contributed by atoms with Crippen molar-refractivity contribution in [1.82, 2.24) is 0 Å². The second kappa shape index (κ2) is 45.0. The first-order valence-electron chi connectivity index (χ1n) is 38.8. The van der Waals surface area contributed by atoms with Crippen molar-refractivity contribution in [2.24, 2.45) is 0 Å². The Hall–Kier alpha value is -13.1. The fraction of sp³-hybridized carbons (Fsp3) is 0.0505. The van der Waals surface area contributed by atoms with E-state index in [4.69, 9.17) is 35.0 Å². The summed E-state index contributed by atoms with van der Waals surface area (Å²) in [6.45, 7) is 1.99. The Balaban J connectivity index is 0.000000148. The van der Waals surface area contributed by atoms with Gasteiger partial charge in [0, 0.05) is 131 Å². The number of hydrogen-bond acceptors (Lipinski definition) is 17. The minimum absolute atomic E-state index is 0.0749. The Morgan fingerprint density at radius 3 is 1.07 bits per heavy atom. The number of hydrogen-bond donors (Lipinski definition) is 10. The Kier molecular flexibility index (Phi) is 33.3. The molecule has 10 N–H and O–H groups in total. The summed E-state index contributed by atoms with van der Waals surface area (Å²) in [5.74, 6) is -3.75. The molecule has 1 aliphatic carbocycles. The van der Waals surface area contributed by atoms with Crippen molar-refractivity contribution in [3.05, 3.63) is 370 Å². The van der Waals surface area contributed by atoms with E-state index in [2.05, 4.69) is 96.2 Å². The predicted octanol–water partition coefficient (Wildman–Crippen LogP) is 27.0. The number of allylic oxidation sites excluding steroid dienone is 1. The lowest BCUT2D eigenvalue weighted by molar-refractivity contribution is 0.0688. The lowest BCUT2D eigenvalue weighted by atomic mass is 10.0. The van der Waals surface area contributed by atoms with Crippen LogP contribution < -0.4 is 36.2 Å². The quantitative estimate of drug-likeness (QED) is 0.0223. The lowest BCUT2D eigenvalue weighted by Gasteiger charge is -2.12. The molecule has 32 heteroatoms. The van der Waals surface area contributed by atoms with Crippen LogP contribution in [-0.4, -0.2) is 105 Å². The number of terminal acetylenes is 1. The van der Waals surface area contributed by atoms with Gasteiger partial charge in [0.05, 0.1) is 7.11 Å². The minimum Gasteiger partial charge on any atom is -0.497 e. The Bertz CT molecular complexity index is 6910. The summed E-state index contributed by atoms with van der Waals surface area (Å²) >= 11 is 30.9. The third kappa shape index (κ3) is 24.9. The summed E-state index contributed by atoms with van der Waals surface area (Å²) in [7, 11) is 5.36. The van der Waals surface area contributed by atoms with Gasteiger partial charge in [0.25, 0.3) is 23.6 Å². The van der Waals surface area contributed by atoms with E-state index in [9.17, 15) is 68.7 Å². The molecule has 0 radical (unpaired) electrons. The van der Waals surface area contributed by atoms with Crippen molar-refractivity contribution in [2.75, 3.05) is 52.7 Å². The molecule has 5 heterocycles. The minimum atomic E-state index is -1.10. The molecule has 0 atom stereocenters. The molecule has 131 heavy (non-hydrogen) atoms. The standard InChI is InChI=1S/C21H14ClNO3S.C20H17BrN2O3S.C20H12BrNO3S.C19H14BrNO4S.C19H14BrNO2S2/c22-16-8-6-13(7-9-16)17-11-27-20(18(17)21(25)26)23-19(24)15-5-4-12-2-1-3-14(12)10-15;1-23(2)15-9-5-13(6-10-15)18(24)22-19-17(20(25)26)16(11-27-19)12-3-7-14(21)8-4-12;1-2-12-3-5-14(6-4-12)18(23)22-19-17(20(24)25)16(11-26-19)13-7-9-15(21)10-8-13;1-25-14-4-2-3-12(9-14)17(22)21-18-16(19(23)24)15(10-26-18)11-5-7-13(20)8-6-11;1-11-3-2-4-13(9-11)17(24)21-18-16(19(22)23)15(10-25-18)12-5-7-14(20)8-6-12/h1,3-11H,2H2,(H,23,24)(H,25,26);3-11H,1-2H3,(H,22,24)(H,25,26);1,3-11H,(H,22,23)(H,24,25);2-10H,1H3,(H,21,22)(H,23,24);2-10H,1H3,(H,21,24)(H,22,23). The monoisotopic (exact) mass is 2130 g/mol. The third-order valence-corrected chi connectivity index (χ3v) is 26.7. The average molecular weight is 2130 g/mol. The van der Waals surface area contributed by atoms with E-state index in [0.717, 1.165) is 74.5 Å². The number of rotatable bonds is 22. The van der Waals surface area contributed by atoms with Crippen molar-refractivity contribution in [3.8, 4) is 73.7 Å². The van der Waals surface area contributed by atoms with Crippen molar-refractivity contribution >= 4 is 239 Å². The summed E-state index contributed by atoms with van der Waals surface area (Å²) in [4.78, 5) is 112. The first-order valence-corrected chi connectivity index (χ1v) is 47.1. The van der Waals surface area contributed by atoms with Crippen LogP contribution in [0.25, 0.3) is 61.7 Å². The lowest BCUT2D eigenvalue weighted by Crippen LogP contribution is -2.14. The van der Waals surface area contributed by atoms with E-state index in [1.165, 1.54) is 69.4 Å². The van der Waals surface area contributed by atoms with Gasteiger partial charge in [0.2, 0.25) is 0 Å². The zero-order chi connectivity index (χ0) is 93.9. The van der Waals surface area contributed by atoms with E-state index >= 15 is 0 Å². The van der Waals surface area contributed by atoms with Gasteiger partial charge in [-0.3, -0.25) is 19.2 Å². The highest BCUT2D eigenvalue weighted by atomic mass is 79.9. The van der Waals surface area contributed by atoms with E-state index in [-0.39, 0.29) is 45.5 Å². The normalized spacial score (nSPS) is 10.7. The largest absolute Gasteiger partial charge is 0.497 e. The predicted molar refractivity (Wildman–Crippen MR) is 545 cm³/mol. The number of aryl methyl sites for hydroxylation is 1. The van der Waals surface area contributed by atoms with Gasteiger partial charge < -0.3 is 61.8 Å². The molecule has 5 aromatic heterocycles. The Morgan fingerprint density at radius 2 is 0.725 bits per heavy atom. The number of halogens is 5. The highest BCUT2D eigenvalue weighted by Gasteiger charge is 2.28. The highest BCUT2D eigenvalue weighted by molar-refractivity contribution is 9.11. The first-order chi connectivity index (χ1) is 62.8. The van der Waals surface area contributed by atoms with Crippen LogP contribution in [0.15, 0.2) is 287 Å². The Labute approximate surface area is 815 Å². The molecule has 16 rings (SSSR count). The molecular formula is C99H71Br4ClN6O15S6. The second-order valence-corrected chi connectivity index (χ2v) is 37.3. The molecule has 0 spiro atoms. The van der Waals surface area contributed by atoms with Gasteiger partial charge in [-0.15, -0.1) is 63.1 Å². The fourth-order valence-electron chi connectivity index (χ4n) is 13.0. The molecule has 4 amide bonds. The summed E-state index contributed by atoms with van der Waals surface area (Å²) in [6, 6.07) is 70.1. The maximum absolute atomic E-state index is 12.6. The number of carbonyl (C=O) groups excluding carboxylic acids is 4. The maximum Gasteiger partial charge on any atom is 0.339 e. The number of benzene rings is 10. The van der Waals surface area contributed by atoms with Crippen molar-refractivity contribution < 1.29 is 73.4 Å². The Morgan fingerprint density at radius 1 is 0.405 bits per heavy atom. The van der Waals surface area contributed by atoms with Gasteiger partial charge >= 0.3 is 29.8 Å². The summed E-state index contributed by atoms with van der Waals surface area (Å²) in [5, 5.41) is 73.4. The molecule has 21 nitrogen and oxygen atoms in total. The average Bonchev–Trinajstić information content (AvgIpc) is 1.68. The number of carboxylic acids is 5. The SMILES string of the molecule is C#Cc1ccc(C(=O)Nc2scc(-c3ccc(Br)cc3)c2C(=O)O)cc1.CN(C)c1ccc(C(=O)Nc2scc(-c3ccc(Br)cc3)c2C(=O)O)cc1.COc1cccc(C(=O)Nc2scc(-c3ccc(Br)cc3)c2C(=O)O)c1.Cc1cccc(C(=S)Nc2scc(-c3ccc(Br)cc3)c2C(=O)O)c1.O=C(Nc1scc(-c2ccc(Cl)cc2)c1C(=O)O)c1ccc2c(c1)C=CC2. The number of carboxylic acid groups (broad SMARTS) is 5. The maximum atomic E-state index is 12.6. The number of aromatic carboxylic acids is 5. The van der Waals surface area contributed by atoms with Gasteiger partial charge in [-0.2, -0.15) is 0 Å². The molecular weight excluding hydrogens is 2060 g/mol. The van der Waals surface area contributed by atoms with Gasteiger partial charge in [0.1, 0.15) is 63.6 Å². The number of anilines is 6. The van der Waals surface area contributed by atoms with Crippen LogP contribution in [0.4, 0.5) is 30.7 Å². The molecule has 10 aromatic carbocycles. The van der Waals surface area contributed by atoms with E-state index in [1.807, 2.05) is 189 Å². The zero-order valence-electron chi connectivity index (χ0n) is 68.9. The van der Waals surface area contributed by atoms with Gasteiger partial charge in [-0.05, 0) is 198 Å². The van der Waals surface area contributed by atoms with E-state index < -0.39 is 35.8 Å². The summed E-state index contributed by atoms with van der Waals surface area (Å²) < 4.78 is 8.77. The molecule has 0 unspecified atom stereocenters. The molecule has 0 saturated heterocycles. The zero-order valence-corrected chi connectivity index (χ0v) is 80.9. The number of thiophene rings is 5. The topological polar surface area (TPSA) is 327 Å². The molecule has 15 aromatic rings. The highest BCUT2D eigenvalue weighted by Crippen LogP contribution is 2.43. The van der Waals surface area contributed by atoms with E-state index in [0.29, 0.717) is 96.4 Å². The molecule has 0 fully saturated rings. The first kappa shape index (κ1) is 97.0. The number of nitrogens with one attached hydrogen (secondary N) is 5. The smallest absolute Gasteiger partial charge is 0.339 e. The number of ether oxygens (including phenoxy) is 1. The van der Waals surface area contributed by atoms with Crippen molar-refractivity contribution in [1.29, 1.82) is 0 Å². The van der Waals surface area contributed by atoms with Crippen molar-refractivity contribution in [2.45, 2.75) is 13.3 Å². The van der Waals surface area contributed by atoms with Gasteiger partial charge in [-0.25, -0.2) is 24.0 Å². The molecule has 0 bridgehead atoms. The van der Waals surface area contributed by atoms with Crippen molar-refractivity contribution in [3.63, 3.8) is 0 Å². The third-order valence-electron chi connectivity index (χ3n) is 19.6. The number of nitrogens with zero attached hydrogens (tertiary/aromatic N) is 1. The van der Waals surface area contributed by atoms with Crippen LogP contribution in [-0.2, 0) is 6.42 Å². The number of fused-ring (bicyclic) bond motifs is 1. The summed E-state index contributed by atoms with van der Waals surface area (Å²) in [6.07, 6.45) is 10.2. The molecule has 1 aliphatic rings. The van der Waals surface area contributed by atoms with E-state index in [1.54, 1.807) is 113 Å². The van der Waals surface area contributed by atoms with Crippen LogP contribution in [0.3, 0.4) is 0 Å². The second-order valence-electron chi connectivity index (χ2n) is 28.4. The molecule has 658 valence electrons. The fourth-order valence-corrected chi connectivity index (χ4v) is 19.2. The molecule has 0 aliphatic heterocycles. The number of amides is 4. The van der Waals surface area contributed by atoms with Gasteiger partial charge in [-0.1, -0.05) is 202 Å². The van der Waals surface area contributed by atoms with Crippen LogP contribution in [0, 0.1) is 19.3 Å². The van der Waals surface area contributed by atoms with Gasteiger partial charge in [0.15, 0.2) is 0 Å². The van der Waals surface area contributed by atoms with Crippen LogP contribution in [0.5, 0.6) is 5.75 Å². The number of thiocarbonyl (C=S) groups is 1. The van der Waals surface area contributed by atoms with Crippen LogP contribution in [0.2, 0.25) is 5.02 Å². The molecule has 0 saturated carbocycles. The van der Waals surface area contributed by atoms with Crippen LogP contribution >= 0.6 is 144 Å². The number of carbonyl (C=O) groups is 9. The number of methoxy groups -OCH3 is 1. The van der Waals surface area contributed by atoms with Crippen LogP contribution in [0.1, 0.15) is 121 Å².